The van der Waals surface area contributed by atoms with Crippen LogP contribution in [0.15, 0.2) is 24.3 Å². The summed E-state index contributed by atoms with van der Waals surface area (Å²) in [5, 5.41) is 3.16. The largest absolute Gasteiger partial charge is 0.435 e. The molecule has 1 aliphatic heterocycles. The van der Waals surface area contributed by atoms with Crippen molar-refractivity contribution in [2.45, 2.75) is 12.5 Å². The smallest absolute Gasteiger partial charge is 0.387 e. The van der Waals surface area contributed by atoms with Gasteiger partial charge in [0.1, 0.15) is 5.75 Å². The van der Waals surface area contributed by atoms with E-state index in [1.807, 2.05) is 12.1 Å². The zero-order valence-electron chi connectivity index (χ0n) is 7.54. The first-order valence-electron chi connectivity index (χ1n) is 4.51. The normalized spacial score (nSPS) is 16.8. The Bertz CT molecular complexity index is 295. The lowest BCUT2D eigenvalue weighted by molar-refractivity contribution is -0.0498. The van der Waals surface area contributed by atoms with E-state index in [4.69, 9.17) is 0 Å². The first kappa shape index (κ1) is 9.40. The summed E-state index contributed by atoms with van der Waals surface area (Å²) in [4.78, 5) is 0. The highest BCUT2D eigenvalue weighted by Gasteiger charge is 2.18. The standard InChI is InChI=1S/C10H11F2NO/c11-10(12)14-9-3-1-7(2-4-9)8-5-13-6-8/h1-4,8,10,13H,5-6H2. The van der Waals surface area contributed by atoms with Crippen molar-refractivity contribution in [1.29, 1.82) is 0 Å². The number of alkyl halides is 2. The van der Waals surface area contributed by atoms with Crippen LogP contribution in [0, 0.1) is 0 Å². The van der Waals surface area contributed by atoms with E-state index in [9.17, 15) is 8.78 Å². The van der Waals surface area contributed by atoms with E-state index in [0.29, 0.717) is 5.92 Å². The van der Waals surface area contributed by atoms with E-state index in [2.05, 4.69) is 10.1 Å². The molecule has 1 saturated heterocycles. The molecular formula is C10H11F2NO. The highest BCUT2D eigenvalue weighted by Crippen LogP contribution is 2.22. The highest BCUT2D eigenvalue weighted by molar-refractivity contribution is 5.30. The molecule has 0 saturated carbocycles. The Balaban J connectivity index is 2.02. The van der Waals surface area contributed by atoms with Crippen LogP contribution in [-0.2, 0) is 0 Å². The minimum Gasteiger partial charge on any atom is -0.435 e. The summed E-state index contributed by atoms with van der Waals surface area (Å²) in [6.07, 6.45) is 0. The van der Waals surface area contributed by atoms with Gasteiger partial charge in [0.2, 0.25) is 0 Å². The fraction of sp³-hybridized carbons (Fsp3) is 0.400. The molecule has 0 radical (unpaired) electrons. The molecule has 0 bridgehead atoms. The molecule has 0 atom stereocenters. The van der Waals surface area contributed by atoms with Gasteiger partial charge in [0.25, 0.3) is 0 Å². The maximum atomic E-state index is 11.8. The van der Waals surface area contributed by atoms with E-state index in [-0.39, 0.29) is 5.75 Å². The summed E-state index contributed by atoms with van der Waals surface area (Å²) in [6.45, 7) is -0.810. The Hall–Kier alpha value is -1.16. The monoisotopic (exact) mass is 199 g/mol. The molecule has 1 heterocycles. The van der Waals surface area contributed by atoms with Gasteiger partial charge in [0, 0.05) is 19.0 Å². The molecule has 2 nitrogen and oxygen atoms in total. The average Bonchev–Trinajstić information content (AvgIpc) is 2.04. The molecule has 76 valence electrons. The SMILES string of the molecule is FC(F)Oc1ccc(C2CNC2)cc1. The Morgan fingerprint density at radius 2 is 1.86 bits per heavy atom. The van der Waals surface area contributed by atoms with Gasteiger partial charge in [-0.1, -0.05) is 12.1 Å². The topological polar surface area (TPSA) is 21.3 Å². The summed E-state index contributed by atoms with van der Waals surface area (Å²) in [6, 6.07) is 6.84. The van der Waals surface area contributed by atoms with Crippen LogP contribution in [0.3, 0.4) is 0 Å². The molecule has 0 unspecified atom stereocenters. The molecule has 0 aromatic heterocycles. The van der Waals surface area contributed by atoms with Crippen LogP contribution in [-0.4, -0.2) is 19.7 Å². The molecule has 14 heavy (non-hydrogen) atoms. The minimum absolute atomic E-state index is 0.219. The Labute approximate surface area is 80.9 Å². The Morgan fingerprint density at radius 1 is 1.21 bits per heavy atom. The van der Waals surface area contributed by atoms with Gasteiger partial charge >= 0.3 is 6.61 Å². The molecule has 2 rings (SSSR count). The van der Waals surface area contributed by atoms with Crippen molar-refractivity contribution < 1.29 is 13.5 Å². The quantitative estimate of drug-likeness (QED) is 0.803. The van der Waals surface area contributed by atoms with E-state index in [1.165, 1.54) is 5.56 Å². The van der Waals surface area contributed by atoms with E-state index in [0.717, 1.165) is 13.1 Å². The number of nitrogens with one attached hydrogen (secondary N) is 1. The summed E-state index contributed by atoms with van der Waals surface area (Å²) >= 11 is 0. The number of rotatable bonds is 3. The third-order valence-electron chi connectivity index (χ3n) is 2.36. The molecule has 4 heteroatoms. The first-order valence-corrected chi connectivity index (χ1v) is 4.51. The molecule has 1 fully saturated rings. The fourth-order valence-electron chi connectivity index (χ4n) is 1.45. The second kappa shape index (κ2) is 3.92. The van der Waals surface area contributed by atoms with E-state index < -0.39 is 6.61 Å². The van der Waals surface area contributed by atoms with Gasteiger partial charge in [-0.3, -0.25) is 0 Å². The molecule has 1 N–H and O–H groups in total. The van der Waals surface area contributed by atoms with Crippen molar-refractivity contribution in [2.75, 3.05) is 13.1 Å². The molecule has 0 spiro atoms. The molecule has 0 aliphatic carbocycles. The summed E-state index contributed by atoms with van der Waals surface area (Å²) in [7, 11) is 0. The molecule has 1 aromatic carbocycles. The molecule has 1 aliphatic rings. The average molecular weight is 199 g/mol. The number of hydrogen-bond acceptors (Lipinski definition) is 2. The lowest BCUT2D eigenvalue weighted by Gasteiger charge is -2.27. The maximum absolute atomic E-state index is 11.8. The predicted octanol–water partition coefficient (Wildman–Crippen LogP) is 1.97. The van der Waals surface area contributed by atoms with Crippen molar-refractivity contribution in [3.8, 4) is 5.75 Å². The zero-order chi connectivity index (χ0) is 9.97. The fourth-order valence-corrected chi connectivity index (χ4v) is 1.45. The third-order valence-corrected chi connectivity index (χ3v) is 2.36. The Kier molecular flexibility index (Phi) is 2.63. The number of benzene rings is 1. The van der Waals surface area contributed by atoms with E-state index in [1.54, 1.807) is 12.1 Å². The van der Waals surface area contributed by atoms with Crippen molar-refractivity contribution in [2.24, 2.45) is 0 Å². The lowest BCUT2D eigenvalue weighted by Crippen LogP contribution is -2.39. The zero-order valence-corrected chi connectivity index (χ0v) is 7.54. The van der Waals surface area contributed by atoms with Gasteiger partial charge in [-0.2, -0.15) is 8.78 Å². The number of ether oxygens (including phenoxy) is 1. The van der Waals surface area contributed by atoms with Gasteiger partial charge in [-0.15, -0.1) is 0 Å². The van der Waals surface area contributed by atoms with Crippen molar-refractivity contribution in [3.63, 3.8) is 0 Å². The van der Waals surface area contributed by atoms with Crippen LogP contribution >= 0.6 is 0 Å². The minimum atomic E-state index is -2.74. The van der Waals surface area contributed by atoms with Crippen LogP contribution in [0.25, 0.3) is 0 Å². The van der Waals surface area contributed by atoms with Crippen LogP contribution in [0.4, 0.5) is 8.78 Å². The second-order valence-electron chi connectivity index (χ2n) is 3.30. The predicted molar refractivity (Wildman–Crippen MR) is 48.7 cm³/mol. The van der Waals surface area contributed by atoms with E-state index >= 15 is 0 Å². The van der Waals surface area contributed by atoms with Crippen LogP contribution in [0.5, 0.6) is 5.75 Å². The molecule has 0 amide bonds. The maximum Gasteiger partial charge on any atom is 0.387 e. The van der Waals surface area contributed by atoms with Crippen LogP contribution < -0.4 is 10.1 Å². The van der Waals surface area contributed by atoms with Gasteiger partial charge in [0.15, 0.2) is 0 Å². The van der Waals surface area contributed by atoms with Crippen molar-refractivity contribution >= 4 is 0 Å². The van der Waals surface area contributed by atoms with Crippen molar-refractivity contribution in [3.05, 3.63) is 29.8 Å². The first-order chi connectivity index (χ1) is 6.75. The van der Waals surface area contributed by atoms with Gasteiger partial charge < -0.3 is 10.1 Å². The van der Waals surface area contributed by atoms with Crippen molar-refractivity contribution in [1.82, 2.24) is 5.32 Å². The summed E-state index contributed by atoms with van der Waals surface area (Å²) in [5.41, 5.74) is 1.17. The van der Waals surface area contributed by atoms with Crippen LogP contribution in [0.1, 0.15) is 11.5 Å². The third kappa shape index (κ3) is 2.01. The highest BCUT2D eigenvalue weighted by atomic mass is 19.3. The summed E-state index contributed by atoms with van der Waals surface area (Å²) < 4.78 is 27.9. The second-order valence-corrected chi connectivity index (χ2v) is 3.30. The van der Waals surface area contributed by atoms with Gasteiger partial charge in [-0.05, 0) is 17.7 Å². The summed E-state index contributed by atoms with van der Waals surface area (Å²) in [5.74, 6) is 0.742. The van der Waals surface area contributed by atoms with Gasteiger partial charge in [-0.25, -0.2) is 0 Å². The molecular weight excluding hydrogens is 188 g/mol. The van der Waals surface area contributed by atoms with Crippen LogP contribution in [0.2, 0.25) is 0 Å². The Morgan fingerprint density at radius 3 is 2.29 bits per heavy atom. The van der Waals surface area contributed by atoms with Gasteiger partial charge in [0.05, 0.1) is 0 Å². The molecule has 1 aromatic rings. The number of hydrogen-bond donors (Lipinski definition) is 1. The number of halogens is 2. The lowest BCUT2D eigenvalue weighted by atomic mass is 9.94.